The average molecular weight is 750 g/mol. The smallest absolute Gasteiger partial charge is 0.410 e. The molecule has 0 bridgehead atoms. The number of benzene rings is 1. The van der Waals surface area contributed by atoms with Gasteiger partial charge in [-0.1, -0.05) is 72.4 Å². The van der Waals surface area contributed by atoms with Crippen LogP contribution in [0.25, 0.3) is 0 Å². The molecule has 52 heavy (non-hydrogen) atoms. The van der Waals surface area contributed by atoms with Crippen LogP contribution in [0.3, 0.4) is 0 Å². The van der Waals surface area contributed by atoms with Gasteiger partial charge in [0.2, 0.25) is 0 Å². The van der Waals surface area contributed by atoms with Crippen molar-refractivity contribution in [3.8, 4) is 5.75 Å². The zero-order chi connectivity index (χ0) is 39.8. The molecule has 1 rings (SSSR count). The Balaban J connectivity index is 2.96. The number of carbonyl (C=O) groups excluding carboxylic acids is 3. The summed E-state index contributed by atoms with van der Waals surface area (Å²) < 4.78 is 29.5. The molecule has 3 atom stereocenters. The number of hydrogen-bond donors (Lipinski definition) is 0. The Morgan fingerprint density at radius 3 is 1.92 bits per heavy atom. The van der Waals surface area contributed by atoms with Crippen LogP contribution >= 0.6 is 0 Å². The van der Waals surface area contributed by atoms with E-state index in [0.29, 0.717) is 25.6 Å². The Kier molecular flexibility index (Phi) is 20.0. The third-order valence-corrected chi connectivity index (χ3v) is 14.1. The van der Waals surface area contributed by atoms with Gasteiger partial charge in [-0.2, -0.15) is 0 Å². The molecule has 300 valence electrons. The zero-order valence-electron chi connectivity index (χ0n) is 35.4. The standard InChI is InChI=1S/C42H75NO8Si/c1-15-16-17-21-35(26-23-32(2)20-18-19-22-37(44)50-40(3,4)5)49-38(45)36(43(12)39(46)51-41(6,7)8)31-33-24-27-34(28-25-33)47-29-30-48-52(13,14)42(9,10)11/h24-25,27-28,32,35-36H,15-23,26,29-31H2,1-14H3/t32-,35-,36+/m1/s1. The van der Waals surface area contributed by atoms with E-state index >= 15 is 0 Å². The predicted molar refractivity (Wildman–Crippen MR) is 213 cm³/mol. The molecule has 10 heteroatoms. The molecule has 0 aliphatic rings. The minimum atomic E-state index is -1.85. The van der Waals surface area contributed by atoms with E-state index in [-0.39, 0.29) is 23.5 Å². The summed E-state index contributed by atoms with van der Waals surface area (Å²) in [7, 11) is -0.244. The van der Waals surface area contributed by atoms with Crippen molar-refractivity contribution in [2.45, 2.75) is 188 Å². The molecule has 0 fully saturated rings. The Morgan fingerprint density at radius 1 is 0.769 bits per heavy atom. The highest BCUT2D eigenvalue weighted by atomic mass is 28.4. The quantitative estimate of drug-likeness (QED) is 0.0500. The lowest BCUT2D eigenvalue weighted by atomic mass is 9.95. The van der Waals surface area contributed by atoms with Crippen LogP contribution in [0.1, 0.15) is 146 Å². The number of amides is 1. The molecule has 0 aliphatic heterocycles. The summed E-state index contributed by atoms with van der Waals surface area (Å²) in [6.07, 6.45) is 8.15. The molecule has 0 saturated heterocycles. The number of esters is 2. The summed E-state index contributed by atoms with van der Waals surface area (Å²) >= 11 is 0. The molecular formula is C42H75NO8Si. The SMILES string of the molecule is CCCCC[C@H](CC[C@H](C)CCCCC(=O)OC(C)(C)C)OC(=O)[C@H](Cc1ccc(OCCO[Si](C)(C)C(C)(C)C)cc1)N(C)C(=O)OC(C)(C)C. The molecule has 1 aromatic carbocycles. The Bertz CT molecular complexity index is 1200. The number of ether oxygens (including phenoxy) is 4. The second kappa shape index (κ2) is 21.9. The summed E-state index contributed by atoms with van der Waals surface area (Å²) in [5, 5.41) is 0.137. The third kappa shape index (κ3) is 20.0. The molecule has 0 heterocycles. The predicted octanol–water partition coefficient (Wildman–Crippen LogP) is 10.7. The molecule has 0 spiro atoms. The fraction of sp³-hybridized carbons (Fsp3) is 0.786. The summed E-state index contributed by atoms with van der Waals surface area (Å²) in [5.74, 6) is 0.562. The fourth-order valence-corrected chi connectivity index (χ4v) is 6.38. The monoisotopic (exact) mass is 750 g/mol. The highest BCUT2D eigenvalue weighted by Gasteiger charge is 2.37. The fourth-order valence-electron chi connectivity index (χ4n) is 5.35. The normalized spacial score (nSPS) is 14.3. The van der Waals surface area contributed by atoms with E-state index in [9.17, 15) is 14.4 Å². The first-order valence-corrected chi connectivity index (χ1v) is 22.6. The van der Waals surface area contributed by atoms with Gasteiger partial charge in [-0.05, 0) is 115 Å². The van der Waals surface area contributed by atoms with E-state index in [1.54, 1.807) is 7.05 Å². The van der Waals surface area contributed by atoms with E-state index < -0.39 is 37.6 Å². The number of carbonyl (C=O) groups is 3. The Hall–Kier alpha value is -2.59. The van der Waals surface area contributed by atoms with Gasteiger partial charge in [0.25, 0.3) is 0 Å². The van der Waals surface area contributed by atoms with Crippen molar-refractivity contribution in [3.63, 3.8) is 0 Å². The van der Waals surface area contributed by atoms with Gasteiger partial charge in [0.05, 0.1) is 6.61 Å². The summed E-state index contributed by atoms with van der Waals surface area (Å²) in [6.45, 7) is 27.5. The summed E-state index contributed by atoms with van der Waals surface area (Å²) in [4.78, 5) is 40.6. The largest absolute Gasteiger partial charge is 0.491 e. The van der Waals surface area contributed by atoms with E-state index in [2.05, 4.69) is 47.7 Å². The van der Waals surface area contributed by atoms with E-state index in [4.69, 9.17) is 23.4 Å². The van der Waals surface area contributed by atoms with E-state index in [0.717, 1.165) is 69.1 Å². The molecule has 1 aromatic rings. The van der Waals surface area contributed by atoms with Crippen LogP contribution < -0.4 is 4.74 Å². The number of hydrogen-bond acceptors (Lipinski definition) is 8. The molecule has 0 saturated carbocycles. The lowest BCUT2D eigenvalue weighted by Crippen LogP contribution is -2.47. The second-order valence-electron chi connectivity index (χ2n) is 18.0. The molecule has 1 amide bonds. The molecule has 0 N–H and O–H groups in total. The van der Waals surface area contributed by atoms with Gasteiger partial charge in [-0.15, -0.1) is 0 Å². The maximum atomic E-state index is 14.0. The molecule has 0 aromatic heterocycles. The average Bonchev–Trinajstić information content (AvgIpc) is 3.01. The number of unbranched alkanes of at least 4 members (excludes halogenated alkanes) is 3. The summed E-state index contributed by atoms with van der Waals surface area (Å²) in [5.41, 5.74) is -0.293. The van der Waals surface area contributed by atoms with Crippen LogP contribution in [-0.4, -0.2) is 74.9 Å². The van der Waals surface area contributed by atoms with Crippen LogP contribution in [0.2, 0.25) is 18.1 Å². The molecule has 0 aliphatic carbocycles. The lowest BCUT2D eigenvalue weighted by molar-refractivity contribution is -0.156. The van der Waals surface area contributed by atoms with Gasteiger partial charge in [-0.25, -0.2) is 9.59 Å². The van der Waals surface area contributed by atoms with Crippen molar-refractivity contribution in [1.82, 2.24) is 4.90 Å². The first-order chi connectivity index (χ1) is 23.9. The number of likely N-dealkylation sites (N-methyl/N-ethyl adjacent to an activating group) is 1. The summed E-state index contributed by atoms with van der Waals surface area (Å²) in [6, 6.07) is 6.77. The zero-order valence-corrected chi connectivity index (χ0v) is 36.4. The van der Waals surface area contributed by atoms with Gasteiger partial charge in [-0.3, -0.25) is 9.69 Å². The first kappa shape index (κ1) is 47.4. The van der Waals surface area contributed by atoms with Gasteiger partial charge in [0.1, 0.15) is 35.7 Å². The first-order valence-electron chi connectivity index (χ1n) is 19.7. The van der Waals surface area contributed by atoms with Crippen molar-refractivity contribution in [1.29, 1.82) is 0 Å². The van der Waals surface area contributed by atoms with Crippen molar-refractivity contribution < 1.29 is 37.8 Å². The maximum Gasteiger partial charge on any atom is 0.410 e. The van der Waals surface area contributed by atoms with Crippen molar-refractivity contribution in [2.24, 2.45) is 5.92 Å². The van der Waals surface area contributed by atoms with Crippen molar-refractivity contribution in [3.05, 3.63) is 29.8 Å². The van der Waals surface area contributed by atoms with Crippen LogP contribution in [0, 0.1) is 5.92 Å². The second-order valence-corrected chi connectivity index (χ2v) is 22.8. The van der Waals surface area contributed by atoms with E-state index in [1.807, 2.05) is 65.8 Å². The number of rotatable bonds is 22. The topological polar surface area (TPSA) is 101 Å². The third-order valence-electron chi connectivity index (χ3n) is 9.54. The van der Waals surface area contributed by atoms with Crippen molar-refractivity contribution >= 4 is 26.3 Å². The van der Waals surface area contributed by atoms with Crippen LogP contribution in [0.5, 0.6) is 5.75 Å². The highest BCUT2D eigenvalue weighted by molar-refractivity contribution is 6.74. The van der Waals surface area contributed by atoms with Crippen molar-refractivity contribution in [2.75, 3.05) is 20.3 Å². The molecule has 0 unspecified atom stereocenters. The molecule has 9 nitrogen and oxygen atoms in total. The van der Waals surface area contributed by atoms with Gasteiger partial charge >= 0.3 is 18.0 Å². The molecular weight excluding hydrogens is 675 g/mol. The lowest BCUT2D eigenvalue weighted by Gasteiger charge is -2.36. The number of nitrogens with zero attached hydrogens (tertiary/aromatic N) is 1. The van der Waals surface area contributed by atoms with Crippen LogP contribution in [-0.2, 0) is 34.6 Å². The van der Waals surface area contributed by atoms with Crippen LogP contribution in [0.4, 0.5) is 4.79 Å². The van der Waals surface area contributed by atoms with E-state index in [1.165, 1.54) is 4.90 Å². The van der Waals surface area contributed by atoms with Gasteiger partial charge in [0.15, 0.2) is 8.32 Å². The minimum absolute atomic E-state index is 0.137. The highest BCUT2D eigenvalue weighted by Crippen LogP contribution is 2.36. The minimum Gasteiger partial charge on any atom is -0.491 e. The molecule has 0 radical (unpaired) electrons. The van der Waals surface area contributed by atoms with Gasteiger partial charge < -0.3 is 23.4 Å². The Morgan fingerprint density at radius 2 is 1.37 bits per heavy atom. The maximum absolute atomic E-state index is 14.0. The van der Waals surface area contributed by atoms with Gasteiger partial charge in [0, 0.05) is 19.9 Å². The van der Waals surface area contributed by atoms with Crippen LogP contribution in [0.15, 0.2) is 24.3 Å². The Labute approximate surface area is 318 Å².